The van der Waals surface area contributed by atoms with E-state index in [0.717, 1.165) is 28.9 Å². The quantitative estimate of drug-likeness (QED) is 0.696. The lowest BCUT2D eigenvalue weighted by molar-refractivity contribution is 0.0698. The SMILES string of the molecule is Cc1ccc(C(=O)N2CCc3c(COCc4ccncc4)cncc3C2)o1. The number of rotatable bonds is 5. The van der Waals surface area contributed by atoms with E-state index in [1.165, 1.54) is 5.56 Å². The molecular formula is C21H21N3O3. The van der Waals surface area contributed by atoms with Gasteiger partial charge in [0.1, 0.15) is 5.76 Å². The van der Waals surface area contributed by atoms with Gasteiger partial charge in [0.25, 0.3) is 5.91 Å². The number of furan rings is 1. The van der Waals surface area contributed by atoms with Crippen LogP contribution in [0.4, 0.5) is 0 Å². The van der Waals surface area contributed by atoms with Crippen LogP contribution in [0, 0.1) is 6.92 Å². The summed E-state index contributed by atoms with van der Waals surface area (Å²) in [7, 11) is 0. The molecule has 4 rings (SSSR count). The lowest BCUT2D eigenvalue weighted by Crippen LogP contribution is -2.36. The Morgan fingerprint density at radius 1 is 1.15 bits per heavy atom. The molecule has 138 valence electrons. The minimum Gasteiger partial charge on any atom is -0.456 e. The third-order valence-electron chi connectivity index (χ3n) is 4.74. The fraction of sp³-hybridized carbons (Fsp3) is 0.286. The maximum Gasteiger partial charge on any atom is 0.289 e. The normalized spacial score (nSPS) is 13.4. The highest BCUT2D eigenvalue weighted by Gasteiger charge is 2.25. The average molecular weight is 363 g/mol. The summed E-state index contributed by atoms with van der Waals surface area (Å²) >= 11 is 0. The van der Waals surface area contributed by atoms with E-state index in [9.17, 15) is 4.79 Å². The zero-order chi connectivity index (χ0) is 18.6. The molecule has 0 bridgehead atoms. The van der Waals surface area contributed by atoms with Crippen molar-refractivity contribution in [1.29, 1.82) is 0 Å². The minimum absolute atomic E-state index is 0.0758. The van der Waals surface area contributed by atoms with E-state index in [1.807, 2.05) is 42.4 Å². The van der Waals surface area contributed by atoms with Crippen LogP contribution >= 0.6 is 0 Å². The molecule has 6 nitrogen and oxygen atoms in total. The summed E-state index contributed by atoms with van der Waals surface area (Å²) in [5.41, 5.74) is 4.48. The fourth-order valence-corrected chi connectivity index (χ4v) is 3.33. The number of aromatic nitrogens is 2. The first-order valence-corrected chi connectivity index (χ1v) is 8.97. The van der Waals surface area contributed by atoms with Crippen LogP contribution in [-0.4, -0.2) is 27.3 Å². The van der Waals surface area contributed by atoms with Crippen LogP contribution in [0.1, 0.15) is 38.6 Å². The van der Waals surface area contributed by atoms with Gasteiger partial charge in [0, 0.05) is 37.9 Å². The Balaban J connectivity index is 1.42. The predicted octanol–water partition coefficient (Wildman–Crippen LogP) is 3.29. The Morgan fingerprint density at radius 3 is 2.78 bits per heavy atom. The van der Waals surface area contributed by atoms with Crippen LogP contribution in [0.3, 0.4) is 0 Å². The number of carbonyl (C=O) groups excluding carboxylic acids is 1. The molecule has 0 N–H and O–H groups in total. The number of hydrogen-bond donors (Lipinski definition) is 0. The van der Waals surface area contributed by atoms with Gasteiger partial charge in [0.15, 0.2) is 5.76 Å². The lowest BCUT2D eigenvalue weighted by atomic mass is 9.97. The largest absolute Gasteiger partial charge is 0.456 e. The number of carbonyl (C=O) groups is 1. The number of amides is 1. The second-order valence-corrected chi connectivity index (χ2v) is 6.67. The molecule has 0 saturated carbocycles. The number of aryl methyl sites for hydroxylation is 1. The maximum atomic E-state index is 12.6. The molecule has 27 heavy (non-hydrogen) atoms. The van der Waals surface area contributed by atoms with Gasteiger partial charge in [-0.05, 0) is 59.9 Å². The molecule has 1 aliphatic rings. The smallest absolute Gasteiger partial charge is 0.289 e. The molecule has 0 saturated heterocycles. The van der Waals surface area contributed by atoms with Gasteiger partial charge in [0.2, 0.25) is 0 Å². The average Bonchev–Trinajstić information content (AvgIpc) is 3.14. The number of ether oxygens (including phenoxy) is 1. The number of pyridine rings is 2. The van der Waals surface area contributed by atoms with Crippen molar-refractivity contribution in [2.24, 2.45) is 0 Å². The summed E-state index contributed by atoms with van der Waals surface area (Å²) in [5.74, 6) is 1.06. The molecule has 0 aliphatic carbocycles. The number of hydrogen-bond acceptors (Lipinski definition) is 5. The van der Waals surface area contributed by atoms with Crippen molar-refractivity contribution < 1.29 is 13.9 Å². The van der Waals surface area contributed by atoms with E-state index < -0.39 is 0 Å². The van der Waals surface area contributed by atoms with Crippen LogP contribution in [0.2, 0.25) is 0 Å². The first kappa shape index (κ1) is 17.4. The van der Waals surface area contributed by atoms with Gasteiger partial charge in [0.05, 0.1) is 13.2 Å². The molecular weight excluding hydrogens is 342 g/mol. The molecule has 0 radical (unpaired) electrons. The van der Waals surface area contributed by atoms with Crippen molar-refractivity contribution in [1.82, 2.24) is 14.9 Å². The number of fused-ring (bicyclic) bond motifs is 1. The van der Waals surface area contributed by atoms with Crippen molar-refractivity contribution in [2.75, 3.05) is 6.54 Å². The molecule has 3 aromatic rings. The van der Waals surface area contributed by atoms with Crippen molar-refractivity contribution in [3.63, 3.8) is 0 Å². The summed E-state index contributed by atoms with van der Waals surface area (Å²) in [6.45, 7) is 4.08. The van der Waals surface area contributed by atoms with E-state index >= 15 is 0 Å². The van der Waals surface area contributed by atoms with Gasteiger partial charge >= 0.3 is 0 Å². The Hall–Kier alpha value is -2.99. The topological polar surface area (TPSA) is 68.5 Å². The van der Waals surface area contributed by atoms with Crippen molar-refractivity contribution in [2.45, 2.75) is 33.1 Å². The van der Waals surface area contributed by atoms with Crippen LogP contribution in [-0.2, 0) is 30.9 Å². The van der Waals surface area contributed by atoms with Gasteiger partial charge < -0.3 is 14.1 Å². The predicted molar refractivity (Wildman–Crippen MR) is 98.9 cm³/mol. The molecule has 0 spiro atoms. The van der Waals surface area contributed by atoms with Crippen molar-refractivity contribution in [3.05, 3.63) is 82.8 Å². The van der Waals surface area contributed by atoms with E-state index in [4.69, 9.17) is 9.15 Å². The molecule has 0 aromatic carbocycles. The molecule has 0 atom stereocenters. The summed E-state index contributed by atoms with van der Waals surface area (Å²) in [6, 6.07) is 7.43. The Labute approximate surface area is 157 Å². The van der Waals surface area contributed by atoms with Gasteiger partial charge in [-0.1, -0.05) is 0 Å². The summed E-state index contributed by atoms with van der Waals surface area (Å²) in [6.07, 6.45) is 8.01. The second-order valence-electron chi connectivity index (χ2n) is 6.67. The molecule has 4 heterocycles. The summed E-state index contributed by atoms with van der Waals surface area (Å²) in [5, 5.41) is 0. The second kappa shape index (κ2) is 7.72. The zero-order valence-electron chi connectivity index (χ0n) is 15.2. The molecule has 0 unspecified atom stereocenters. The van der Waals surface area contributed by atoms with E-state index in [2.05, 4.69) is 9.97 Å². The molecule has 1 aliphatic heterocycles. The maximum absolute atomic E-state index is 12.6. The van der Waals surface area contributed by atoms with Crippen LogP contribution in [0.15, 0.2) is 53.5 Å². The van der Waals surface area contributed by atoms with Gasteiger partial charge in [-0.15, -0.1) is 0 Å². The van der Waals surface area contributed by atoms with Gasteiger partial charge in [-0.3, -0.25) is 14.8 Å². The molecule has 0 fully saturated rings. The lowest BCUT2D eigenvalue weighted by Gasteiger charge is -2.29. The molecule has 1 amide bonds. The monoisotopic (exact) mass is 363 g/mol. The molecule has 6 heteroatoms. The van der Waals surface area contributed by atoms with Gasteiger partial charge in [-0.25, -0.2) is 0 Å². The first-order chi connectivity index (χ1) is 13.2. The van der Waals surface area contributed by atoms with Crippen LogP contribution < -0.4 is 0 Å². The summed E-state index contributed by atoms with van der Waals surface area (Å²) in [4.78, 5) is 22.8. The summed E-state index contributed by atoms with van der Waals surface area (Å²) < 4.78 is 11.3. The standard InChI is InChI=1S/C21H21N3O3/c1-15-2-3-20(27-15)21(25)24-9-6-19-17(12-24)10-23-11-18(19)14-26-13-16-4-7-22-8-5-16/h2-5,7-8,10-11H,6,9,12-14H2,1H3. The third-order valence-corrected chi connectivity index (χ3v) is 4.74. The first-order valence-electron chi connectivity index (χ1n) is 8.97. The van der Waals surface area contributed by atoms with Crippen molar-refractivity contribution >= 4 is 5.91 Å². The Kier molecular flexibility index (Phi) is 4.98. The van der Waals surface area contributed by atoms with E-state index in [-0.39, 0.29) is 5.91 Å². The Morgan fingerprint density at radius 2 is 2.00 bits per heavy atom. The fourth-order valence-electron chi connectivity index (χ4n) is 3.33. The highest BCUT2D eigenvalue weighted by Crippen LogP contribution is 2.24. The third kappa shape index (κ3) is 3.90. The highest BCUT2D eigenvalue weighted by atomic mass is 16.5. The highest BCUT2D eigenvalue weighted by molar-refractivity contribution is 5.91. The van der Waals surface area contributed by atoms with Gasteiger partial charge in [-0.2, -0.15) is 0 Å². The van der Waals surface area contributed by atoms with Crippen LogP contribution in [0.25, 0.3) is 0 Å². The van der Waals surface area contributed by atoms with E-state index in [1.54, 1.807) is 18.5 Å². The van der Waals surface area contributed by atoms with Crippen molar-refractivity contribution in [3.8, 4) is 0 Å². The molecule has 3 aromatic heterocycles. The van der Waals surface area contributed by atoms with E-state index in [0.29, 0.717) is 32.1 Å². The zero-order valence-corrected chi connectivity index (χ0v) is 15.2. The minimum atomic E-state index is -0.0758. The number of nitrogens with zero attached hydrogens (tertiary/aromatic N) is 3. The Bertz CT molecular complexity index is 937. The van der Waals surface area contributed by atoms with Crippen LogP contribution in [0.5, 0.6) is 0 Å².